The molecule has 166 valence electrons. The summed E-state index contributed by atoms with van der Waals surface area (Å²) in [5.74, 6) is -0.960. The summed E-state index contributed by atoms with van der Waals surface area (Å²) in [4.78, 5) is 25.4. The van der Waals surface area contributed by atoms with Crippen LogP contribution in [0.2, 0.25) is 0 Å². The Labute approximate surface area is 183 Å². The average molecular weight is 446 g/mol. The maximum Gasteiger partial charge on any atom is 0.338 e. The summed E-state index contributed by atoms with van der Waals surface area (Å²) in [7, 11) is -3.64. The highest BCUT2D eigenvalue weighted by molar-refractivity contribution is 7.89. The lowest BCUT2D eigenvalue weighted by atomic mass is 9.96. The van der Waals surface area contributed by atoms with Gasteiger partial charge in [0.25, 0.3) is 0 Å². The third-order valence-electron chi connectivity index (χ3n) is 5.46. The zero-order chi connectivity index (χ0) is 22.8. The highest BCUT2D eigenvalue weighted by Crippen LogP contribution is 2.20. The first-order valence-electron chi connectivity index (χ1n) is 10.1. The van der Waals surface area contributed by atoms with Gasteiger partial charge in [-0.1, -0.05) is 6.07 Å². The number of morpholine rings is 1. The average Bonchev–Trinajstić information content (AvgIpc) is 2.76. The van der Waals surface area contributed by atoms with Crippen molar-refractivity contribution in [2.75, 3.05) is 26.3 Å². The Hall–Kier alpha value is -2.55. The van der Waals surface area contributed by atoms with Crippen LogP contribution in [0.25, 0.3) is 0 Å². The number of esters is 1. The van der Waals surface area contributed by atoms with E-state index in [1.165, 1.54) is 35.5 Å². The molecule has 0 radical (unpaired) electrons. The van der Waals surface area contributed by atoms with Crippen LogP contribution in [0, 0.1) is 20.8 Å². The quantitative estimate of drug-likeness (QED) is 0.501. The molecule has 8 heteroatoms. The fraction of sp³-hybridized carbons (Fsp3) is 0.391. The van der Waals surface area contributed by atoms with E-state index in [0.29, 0.717) is 31.9 Å². The van der Waals surface area contributed by atoms with Gasteiger partial charge in [0, 0.05) is 18.7 Å². The summed E-state index contributed by atoms with van der Waals surface area (Å²) in [6.45, 7) is 8.59. The smallest absolute Gasteiger partial charge is 0.338 e. The van der Waals surface area contributed by atoms with Crippen LogP contribution in [0.4, 0.5) is 0 Å². The highest BCUT2D eigenvalue weighted by atomic mass is 32.2. The topological polar surface area (TPSA) is 90.0 Å². The molecule has 1 aliphatic rings. The van der Waals surface area contributed by atoms with Crippen LogP contribution >= 0.6 is 0 Å². The number of sulfonamides is 1. The largest absolute Gasteiger partial charge is 0.451 e. The van der Waals surface area contributed by atoms with E-state index < -0.39 is 22.1 Å². The van der Waals surface area contributed by atoms with Gasteiger partial charge in [-0.05, 0) is 74.7 Å². The Kier molecular flexibility index (Phi) is 6.93. The van der Waals surface area contributed by atoms with Crippen molar-refractivity contribution < 1.29 is 27.5 Å². The zero-order valence-corrected chi connectivity index (χ0v) is 19.0. The van der Waals surface area contributed by atoms with E-state index in [4.69, 9.17) is 9.47 Å². The molecule has 0 spiro atoms. The first kappa shape index (κ1) is 23.1. The molecule has 0 aromatic heterocycles. The number of Topliss-reactive ketones (excluding diaryl/α,β-unsaturated/α-hetero) is 1. The molecule has 0 aliphatic carbocycles. The van der Waals surface area contributed by atoms with Gasteiger partial charge in [0.2, 0.25) is 15.8 Å². The normalized spacial score (nSPS) is 16.0. The number of rotatable bonds is 6. The summed E-state index contributed by atoms with van der Waals surface area (Å²) >= 11 is 0. The molecule has 1 heterocycles. The van der Waals surface area contributed by atoms with Gasteiger partial charge in [0.15, 0.2) is 6.10 Å². The van der Waals surface area contributed by atoms with Gasteiger partial charge in [-0.25, -0.2) is 13.2 Å². The predicted octanol–water partition coefficient (Wildman–Crippen LogP) is 3.06. The number of hydrogen-bond acceptors (Lipinski definition) is 6. The van der Waals surface area contributed by atoms with E-state index in [1.54, 1.807) is 0 Å². The van der Waals surface area contributed by atoms with Crippen molar-refractivity contribution in [1.82, 2.24) is 4.31 Å². The number of aryl methyl sites for hydroxylation is 3. The number of ketones is 1. The van der Waals surface area contributed by atoms with Crippen LogP contribution in [0.1, 0.15) is 44.3 Å². The molecular formula is C23H27NO6S. The van der Waals surface area contributed by atoms with Crippen molar-refractivity contribution >= 4 is 21.8 Å². The maximum absolute atomic E-state index is 12.8. The Morgan fingerprint density at radius 3 is 2.16 bits per heavy atom. The van der Waals surface area contributed by atoms with Crippen molar-refractivity contribution in [2.45, 2.75) is 38.7 Å². The summed E-state index contributed by atoms with van der Waals surface area (Å²) in [5.41, 5.74) is 3.61. The predicted molar refractivity (Wildman–Crippen MR) is 116 cm³/mol. The molecule has 1 aliphatic heterocycles. The fourth-order valence-electron chi connectivity index (χ4n) is 3.43. The first-order valence-corrected chi connectivity index (χ1v) is 11.6. The van der Waals surface area contributed by atoms with Gasteiger partial charge in [-0.15, -0.1) is 0 Å². The minimum Gasteiger partial charge on any atom is -0.451 e. The lowest BCUT2D eigenvalue weighted by Gasteiger charge is -2.26. The molecule has 3 rings (SSSR count). The SMILES string of the molecule is Cc1cc(C)c(C(=O)C(C)OC(=O)c2ccc(S(=O)(=O)N3CCOCC3)cc2)cc1C. The molecule has 1 atom stereocenters. The van der Waals surface area contributed by atoms with Crippen LogP contribution in [0.3, 0.4) is 0 Å². The molecule has 0 bridgehead atoms. The molecule has 7 nitrogen and oxygen atoms in total. The van der Waals surface area contributed by atoms with Crippen LogP contribution < -0.4 is 0 Å². The fourth-order valence-corrected chi connectivity index (χ4v) is 4.83. The summed E-state index contributed by atoms with van der Waals surface area (Å²) in [6, 6.07) is 9.29. The van der Waals surface area contributed by atoms with Crippen molar-refractivity contribution in [3.05, 3.63) is 64.2 Å². The molecule has 0 saturated carbocycles. The summed E-state index contributed by atoms with van der Waals surface area (Å²) in [5, 5.41) is 0. The lowest BCUT2D eigenvalue weighted by molar-refractivity contribution is 0.0318. The number of carbonyl (C=O) groups is 2. The third kappa shape index (κ3) is 5.03. The van der Waals surface area contributed by atoms with Crippen molar-refractivity contribution in [3.8, 4) is 0 Å². The molecular weight excluding hydrogens is 418 g/mol. The highest BCUT2D eigenvalue weighted by Gasteiger charge is 2.27. The maximum atomic E-state index is 12.8. The second-order valence-electron chi connectivity index (χ2n) is 7.70. The minimum atomic E-state index is -3.64. The minimum absolute atomic E-state index is 0.0980. The number of ether oxygens (including phenoxy) is 2. The summed E-state index contributed by atoms with van der Waals surface area (Å²) in [6.07, 6.45) is -0.968. The Morgan fingerprint density at radius 1 is 0.968 bits per heavy atom. The van der Waals surface area contributed by atoms with Crippen LogP contribution in [-0.2, 0) is 19.5 Å². The number of nitrogens with zero attached hydrogens (tertiary/aromatic N) is 1. The van der Waals surface area contributed by atoms with E-state index >= 15 is 0 Å². The van der Waals surface area contributed by atoms with Crippen molar-refractivity contribution in [1.29, 1.82) is 0 Å². The first-order chi connectivity index (χ1) is 14.6. The van der Waals surface area contributed by atoms with Gasteiger partial charge in [0.05, 0.1) is 23.7 Å². The second-order valence-corrected chi connectivity index (χ2v) is 9.64. The van der Waals surface area contributed by atoms with Crippen LogP contribution in [-0.4, -0.2) is 56.9 Å². The van der Waals surface area contributed by atoms with Gasteiger partial charge >= 0.3 is 5.97 Å². The monoisotopic (exact) mass is 445 g/mol. The van der Waals surface area contributed by atoms with Crippen molar-refractivity contribution in [2.24, 2.45) is 0 Å². The molecule has 31 heavy (non-hydrogen) atoms. The van der Waals surface area contributed by atoms with E-state index in [1.807, 2.05) is 32.9 Å². The van der Waals surface area contributed by atoms with E-state index in [-0.39, 0.29) is 16.2 Å². The van der Waals surface area contributed by atoms with Crippen LogP contribution in [0.15, 0.2) is 41.3 Å². The van der Waals surface area contributed by atoms with Gasteiger partial charge in [-0.2, -0.15) is 4.31 Å². The molecule has 2 aromatic rings. The number of carbonyl (C=O) groups excluding carboxylic acids is 2. The van der Waals surface area contributed by atoms with E-state index in [0.717, 1.165) is 16.7 Å². The Bertz CT molecular complexity index is 1090. The second kappa shape index (κ2) is 9.30. The number of hydrogen-bond donors (Lipinski definition) is 0. The van der Waals surface area contributed by atoms with E-state index in [9.17, 15) is 18.0 Å². The van der Waals surface area contributed by atoms with Crippen molar-refractivity contribution in [3.63, 3.8) is 0 Å². The molecule has 0 amide bonds. The third-order valence-corrected chi connectivity index (χ3v) is 7.37. The zero-order valence-electron chi connectivity index (χ0n) is 18.2. The summed E-state index contributed by atoms with van der Waals surface area (Å²) < 4.78 is 37.3. The number of benzene rings is 2. The standard InChI is InChI=1S/C23H27NO6S/c1-15-13-17(3)21(14-16(15)2)22(25)18(4)30-23(26)19-5-7-20(8-6-19)31(27,28)24-9-11-29-12-10-24/h5-8,13-14,18H,9-12H2,1-4H3. The Balaban J connectivity index is 1.70. The van der Waals surface area contributed by atoms with Gasteiger partial charge < -0.3 is 9.47 Å². The van der Waals surface area contributed by atoms with Crippen LogP contribution in [0.5, 0.6) is 0 Å². The van der Waals surface area contributed by atoms with E-state index in [2.05, 4.69) is 0 Å². The lowest BCUT2D eigenvalue weighted by Crippen LogP contribution is -2.40. The molecule has 1 saturated heterocycles. The van der Waals surface area contributed by atoms with Gasteiger partial charge in [0.1, 0.15) is 0 Å². The molecule has 2 aromatic carbocycles. The van der Waals surface area contributed by atoms with Gasteiger partial charge in [-0.3, -0.25) is 4.79 Å². The molecule has 1 unspecified atom stereocenters. The molecule has 0 N–H and O–H groups in total. The molecule has 1 fully saturated rings. The Morgan fingerprint density at radius 2 is 1.55 bits per heavy atom.